The van der Waals surface area contributed by atoms with Crippen LogP contribution in [0.25, 0.3) is 0 Å². The first kappa shape index (κ1) is 24.4. The predicted octanol–water partition coefficient (Wildman–Crippen LogP) is 4.44. The monoisotopic (exact) mass is 398 g/mol. The highest BCUT2D eigenvalue weighted by molar-refractivity contribution is 5.72. The molecule has 162 valence electrons. The van der Waals surface area contributed by atoms with Gasteiger partial charge in [-0.3, -0.25) is 14.4 Å². The van der Waals surface area contributed by atoms with Crippen LogP contribution in [0.15, 0.2) is 0 Å². The fourth-order valence-electron chi connectivity index (χ4n) is 5.30. The summed E-state index contributed by atoms with van der Waals surface area (Å²) < 4.78 is 15.5. The molecule has 1 aliphatic rings. The summed E-state index contributed by atoms with van der Waals surface area (Å²) >= 11 is 0. The first-order valence-corrected chi connectivity index (χ1v) is 10.4. The van der Waals surface area contributed by atoms with Crippen molar-refractivity contribution in [3.63, 3.8) is 0 Å². The van der Waals surface area contributed by atoms with Crippen LogP contribution in [0.5, 0.6) is 0 Å². The number of hydrogen-bond acceptors (Lipinski definition) is 6. The first-order chi connectivity index (χ1) is 13.0. The highest BCUT2D eigenvalue weighted by Crippen LogP contribution is 2.58. The minimum Gasteiger partial charge on any atom is -0.469 e. The third-order valence-electron chi connectivity index (χ3n) is 5.44. The highest BCUT2D eigenvalue weighted by Gasteiger charge is 2.51. The van der Waals surface area contributed by atoms with E-state index in [1.165, 1.54) is 7.11 Å². The Morgan fingerprint density at radius 1 is 0.679 bits per heavy atom. The Hall–Kier alpha value is -1.59. The summed E-state index contributed by atoms with van der Waals surface area (Å²) in [6, 6.07) is 0. The van der Waals surface area contributed by atoms with E-state index in [9.17, 15) is 14.4 Å². The summed E-state index contributed by atoms with van der Waals surface area (Å²) in [5, 5.41) is 0. The summed E-state index contributed by atoms with van der Waals surface area (Å²) in [6.45, 7) is 10.9. The van der Waals surface area contributed by atoms with E-state index in [-0.39, 0.29) is 53.4 Å². The lowest BCUT2D eigenvalue weighted by Crippen LogP contribution is -2.45. The Bertz CT molecular complexity index is 521. The maximum atomic E-state index is 12.3. The topological polar surface area (TPSA) is 78.9 Å². The quantitative estimate of drug-likeness (QED) is 0.400. The van der Waals surface area contributed by atoms with Crippen molar-refractivity contribution in [2.75, 3.05) is 20.3 Å². The molecule has 1 rings (SSSR count). The molecule has 2 unspecified atom stereocenters. The molecular weight excluding hydrogens is 360 g/mol. The van der Waals surface area contributed by atoms with Gasteiger partial charge in [-0.25, -0.2) is 0 Å². The van der Waals surface area contributed by atoms with Crippen LogP contribution in [0.2, 0.25) is 0 Å². The molecule has 0 N–H and O–H groups in total. The molecule has 0 aromatic rings. The van der Waals surface area contributed by atoms with Crippen molar-refractivity contribution in [1.29, 1.82) is 0 Å². The molecule has 0 heterocycles. The Balaban J connectivity index is 3.04. The molecule has 28 heavy (non-hydrogen) atoms. The second-order valence-electron chi connectivity index (χ2n) is 9.51. The van der Waals surface area contributed by atoms with Gasteiger partial charge in [0.05, 0.1) is 39.6 Å². The van der Waals surface area contributed by atoms with E-state index in [0.717, 1.165) is 12.8 Å². The van der Waals surface area contributed by atoms with Crippen LogP contribution in [0, 0.1) is 16.2 Å². The van der Waals surface area contributed by atoms with Crippen molar-refractivity contribution < 1.29 is 28.6 Å². The van der Waals surface area contributed by atoms with Crippen molar-refractivity contribution in [1.82, 2.24) is 0 Å². The zero-order valence-corrected chi connectivity index (χ0v) is 18.5. The van der Waals surface area contributed by atoms with E-state index in [1.807, 2.05) is 20.8 Å². The SMILES string of the molecule is CCCOC(=O)CC1(C)CC(C)(CC(=O)OC)CC(C)(CC(=O)OCCC)C1. The summed E-state index contributed by atoms with van der Waals surface area (Å²) in [7, 11) is 1.39. The fourth-order valence-corrected chi connectivity index (χ4v) is 5.30. The second kappa shape index (κ2) is 10.3. The Labute approximate surface area is 169 Å². The minimum atomic E-state index is -0.356. The van der Waals surface area contributed by atoms with Crippen LogP contribution >= 0.6 is 0 Å². The molecule has 0 aromatic carbocycles. The van der Waals surface area contributed by atoms with Crippen molar-refractivity contribution in [2.24, 2.45) is 16.2 Å². The van der Waals surface area contributed by atoms with Gasteiger partial charge < -0.3 is 14.2 Å². The lowest BCUT2D eigenvalue weighted by molar-refractivity contribution is -0.154. The number of esters is 3. The number of methoxy groups -OCH3 is 1. The molecule has 1 saturated carbocycles. The van der Waals surface area contributed by atoms with Gasteiger partial charge in [0, 0.05) is 0 Å². The fraction of sp³-hybridized carbons (Fsp3) is 0.864. The Morgan fingerprint density at radius 3 is 1.29 bits per heavy atom. The maximum Gasteiger partial charge on any atom is 0.306 e. The maximum absolute atomic E-state index is 12.3. The zero-order valence-electron chi connectivity index (χ0n) is 18.5. The molecule has 6 heteroatoms. The molecule has 0 amide bonds. The van der Waals surface area contributed by atoms with Gasteiger partial charge in [0.25, 0.3) is 0 Å². The summed E-state index contributed by atoms with van der Waals surface area (Å²) in [4.78, 5) is 36.7. The lowest BCUT2D eigenvalue weighted by Gasteiger charge is -2.52. The van der Waals surface area contributed by atoms with Crippen molar-refractivity contribution in [3.8, 4) is 0 Å². The van der Waals surface area contributed by atoms with Crippen molar-refractivity contribution in [3.05, 3.63) is 0 Å². The summed E-state index contributed by atoms with van der Waals surface area (Å²) in [5.74, 6) is -0.707. The van der Waals surface area contributed by atoms with E-state index >= 15 is 0 Å². The molecule has 0 radical (unpaired) electrons. The molecule has 0 spiro atoms. The number of carbonyl (C=O) groups excluding carboxylic acids is 3. The van der Waals surface area contributed by atoms with Crippen LogP contribution in [-0.2, 0) is 28.6 Å². The van der Waals surface area contributed by atoms with Gasteiger partial charge in [-0.2, -0.15) is 0 Å². The molecule has 0 aromatic heterocycles. The van der Waals surface area contributed by atoms with E-state index < -0.39 is 0 Å². The molecular formula is C22H38O6. The predicted molar refractivity (Wildman–Crippen MR) is 107 cm³/mol. The number of hydrogen-bond donors (Lipinski definition) is 0. The molecule has 0 saturated heterocycles. The van der Waals surface area contributed by atoms with E-state index in [2.05, 4.69) is 13.8 Å². The van der Waals surface area contributed by atoms with E-state index in [1.54, 1.807) is 0 Å². The van der Waals surface area contributed by atoms with Crippen LogP contribution in [0.1, 0.15) is 86.0 Å². The number of ether oxygens (including phenoxy) is 3. The molecule has 0 bridgehead atoms. The second-order valence-corrected chi connectivity index (χ2v) is 9.51. The molecule has 6 nitrogen and oxygen atoms in total. The van der Waals surface area contributed by atoms with Gasteiger partial charge in [0.15, 0.2) is 0 Å². The van der Waals surface area contributed by atoms with Gasteiger partial charge in [0.2, 0.25) is 0 Å². The molecule has 1 aliphatic carbocycles. The molecule has 2 atom stereocenters. The smallest absolute Gasteiger partial charge is 0.306 e. The third-order valence-corrected chi connectivity index (χ3v) is 5.44. The van der Waals surface area contributed by atoms with Gasteiger partial charge in [-0.1, -0.05) is 34.6 Å². The largest absolute Gasteiger partial charge is 0.469 e. The van der Waals surface area contributed by atoms with Gasteiger partial charge in [-0.05, 0) is 48.3 Å². The highest BCUT2D eigenvalue weighted by atomic mass is 16.5. The first-order valence-electron chi connectivity index (χ1n) is 10.4. The summed E-state index contributed by atoms with van der Waals surface area (Å²) in [6.07, 6.45) is 4.51. The molecule has 1 fully saturated rings. The standard InChI is InChI=1S/C22H38O6/c1-7-9-27-18(24)12-21(4)14-20(3,11-17(23)26-6)15-22(5,16-21)13-19(25)28-10-8-2/h7-16H2,1-6H3. The van der Waals surface area contributed by atoms with Crippen LogP contribution in [0.4, 0.5) is 0 Å². The van der Waals surface area contributed by atoms with Gasteiger partial charge >= 0.3 is 17.9 Å². The number of rotatable bonds is 10. The van der Waals surface area contributed by atoms with Crippen LogP contribution in [0.3, 0.4) is 0 Å². The third kappa shape index (κ3) is 7.80. The molecule has 0 aliphatic heterocycles. The normalized spacial score (nSPS) is 29.8. The van der Waals surface area contributed by atoms with Gasteiger partial charge in [0.1, 0.15) is 0 Å². The average molecular weight is 399 g/mol. The van der Waals surface area contributed by atoms with Crippen molar-refractivity contribution in [2.45, 2.75) is 86.0 Å². The van der Waals surface area contributed by atoms with Crippen molar-refractivity contribution >= 4 is 17.9 Å². The Kier molecular flexibility index (Phi) is 8.96. The van der Waals surface area contributed by atoms with Crippen LogP contribution in [-0.4, -0.2) is 38.2 Å². The van der Waals surface area contributed by atoms with E-state index in [4.69, 9.17) is 14.2 Å². The Morgan fingerprint density at radius 2 is 1.00 bits per heavy atom. The van der Waals surface area contributed by atoms with Gasteiger partial charge in [-0.15, -0.1) is 0 Å². The van der Waals surface area contributed by atoms with Crippen LogP contribution < -0.4 is 0 Å². The lowest BCUT2D eigenvalue weighted by atomic mass is 9.52. The summed E-state index contributed by atoms with van der Waals surface area (Å²) in [5.41, 5.74) is -1.07. The van der Waals surface area contributed by atoms with E-state index in [0.29, 0.717) is 32.5 Å². The number of carbonyl (C=O) groups is 3. The average Bonchev–Trinajstić information content (AvgIpc) is 2.55. The zero-order chi connectivity index (χ0) is 21.4. The minimum absolute atomic E-state index is 0.220.